The van der Waals surface area contributed by atoms with Crippen molar-refractivity contribution in [3.63, 3.8) is 0 Å². The van der Waals surface area contributed by atoms with E-state index in [-0.39, 0.29) is 5.97 Å². The van der Waals surface area contributed by atoms with Crippen molar-refractivity contribution < 1.29 is 14.3 Å². The zero-order valence-electron chi connectivity index (χ0n) is 24.3. The van der Waals surface area contributed by atoms with Gasteiger partial charge in [0.15, 0.2) is 5.82 Å². The lowest BCUT2D eigenvalue weighted by atomic mass is 10.0. The minimum atomic E-state index is -0.389. The van der Waals surface area contributed by atoms with Crippen molar-refractivity contribution >= 4 is 56.4 Å². The van der Waals surface area contributed by atoms with Crippen LogP contribution in [0.4, 0.5) is 28.8 Å². The fourth-order valence-electron chi connectivity index (χ4n) is 5.76. The summed E-state index contributed by atoms with van der Waals surface area (Å²) in [6, 6.07) is 16.1. The third kappa shape index (κ3) is 6.13. The van der Waals surface area contributed by atoms with Crippen molar-refractivity contribution in [3.05, 3.63) is 59.5 Å². The van der Waals surface area contributed by atoms with Crippen LogP contribution in [0.2, 0.25) is 0 Å². The molecule has 2 aliphatic heterocycles. The Balaban J connectivity index is 1.17. The Hall–Kier alpha value is -3.93. The Morgan fingerprint density at radius 3 is 2.52 bits per heavy atom. The number of carbonyl (C=O) groups excluding carboxylic acids is 1. The van der Waals surface area contributed by atoms with Gasteiger partial charge in [-0.2, -0.15) is 4.98 Å². The minimum absolute atomic E-state index is 0.389. The van der Waals surface area contributed by atoms with Crippen LogP contribution in [0.3, 0.4) is 0 Å². The molecule has 2 saturated heterocycles. The number of hydrogen-bond acceptors (Lipinski definition) is 11. The van der Waals surface area contributed by atoms with Gasteiger partial charge in [0.05, 0.1) is 35.7 Å². The van der Waals surface area contributed by atoms with Gasteiger partial charge in [0, 0.05) is 62.8 Å². The molecule has 0 atom stereocenters. The van der Waals surface area contributed by atoms with Crippen molar-refractivity contribution in [1.29, 1.82) is 0 Å². The zero-order valence-corrected chi connectivity index (χ0v) is 25.1. The van der Waals surface area contributed by atoms with Crippen LogP contribution in [0.15, 0.2) is 53.9 Å². The van der Waals surface area contributed by atoms with Crippen molar-refractivity contribution in [2.24, 2.45) is 0 Å². The average molecular weight is 588 g/mol. The molecular formula is C31H37N7O3S. The molecule has 42 heavy (non-hydrogen) atoms. The summed E-state index contributed by atoms with van der Waals surface area (Å²) in [5.41, 5.74) is 3.97. The number of fused-ring (bicyclic) bond motifs is 1. The molecule has 2 aromatic heterocycles. The highest BCUT2D eigenvalue weighted by Gasteiger charge is 2.27. The molecule has 4 heterocycles. The Bertz CT molecular complexity index is 1540. The van der Waals surface area contributed by atoms with E-state index in [9.17, 15) is 4.79 Å². The normalized spacial score (nSPS) is 16.9. The predicted octanol–water partition coefficient (Wildman–Crippen LogP) is 5.19. The summed E-state index contributed by atoms with van der Waals surface area (Å²) in [5, 5.41) is 8.71. The molecule has 0 spiro atoms. The molecule has 0 radical (unpaired) electrons. The number of piperazine rings is 1. The minimum Gasteiger partial charge on any atom is -0.494 e. The molecule has 10 nitrogen and oxygen atoms in total. The van der Waals surface area contributed by atoms with E-state index in [1.54, 1.807) is 30.6 Å². The first-order valence-corrected chi connectivity index (χ1v) is 15.2. The summed E-state index contributed by atoms with van der Waals surface area (Å²) < 4.78 is 11.6. The van der Waals surface area contributed by atoms with Crippen LogP contribution in [-0.2, 0) is 4.74 Å². The summed E-state index contributed by atoms with van der Waals surface area (Å²) in [6.45, 7) is 6.75. The van der Waals surface area contributed by atoms with Gasteiger partial charge in [-0.15, -0.1) is 11.3 Å². The van der Waals surface area contributed by atoms with Crippen molar-refractivity contribution in [2.75, 3.05) is 76.1 Å². The van der Waals surface area contributed by atoms with Gasteiger partial charge in [-0.05, 0) is 61.7 Å². The smallest absolute Gasteiger partial charge is 0.337 e. The number of hydrogen-bond donors (Lipinski definition) is 2. The van der Waals surface area contributed by atoms with E-state index in [1.807, 2.05) is 29.6 Å². The van der Waals surface area contributed by atoms with Crippen molar-refractivity contribution in [3.8, 4) is 5.75 Å². The van der Waals surface area contributed by atoms with E-state index in [0.717, 1.165) is 59.2 Å². The number of piperidine rings is 1. The number of methoxy groups -OCH3 is 2. The number of aromatic nitrogens is 2. The number of ether oxygens (including phenoxy) is 2. The number of carbonyl (C=O) groups is 1. The van der Waals surface area contributed by atoms with E-state index in [0.29, 0.717) is 23.4 Å². The van der Waals surface area contributed by atoms with Crippen LogP contribution in [0.1, 0.15) is 23.2 Å². The number of esters is 1. The Kier molecular flexibility index (Phi) is 8.41. The molecule has 2 aromatic carbocycles. The second kappa shape index (κ2) is 12.5. The van der Waals surface area contributed by atoms with E-state index in [2.05, 4.69) is 44.5 Å². The number of thiophene rings is 1. The van der Waals surface area contributed by atoms with Crippen LogP contribution in [0.25, 0.3) is 10.2 Å². The molecule has 6 rings (SSSR count). The molecule has 0 aliphatic carbocycles. The number of benzene rings is 2. The number of likely N-dealkylation sites (N-methyl/N-ethyl adjacent to an activating group) is 1. The highest BCUT2D eigenvalue weighted by atomic mass is 32.1. The molecule has 0 bridgehead atoms. The Labute approximate surface area is 250 Å². The Morgan fingerprint density at radius 1 is 0.952 bits per heavy atom. The van der Waals surface area contributed by atoms with Gasteiger partial charge in [-0.25, -0.2) is 9.78 Å². The van der Waals surface area contributed by atoms with Gasteiger partial charge >= 0.3 is 5.97 Å². The quantitative estimate of drug-likeness (QED) is 0.268. The van der Waals surface area contributed by atoms with Crippen LogP contribution in [-0.4, -0.2) is 92.3 Å². The highest BCUT2D eigenvalue weighted by molar-refractivity contribution is 7.17. The van der Waals surface area contributed by atoms with E-state index in [4.69, 9.17) is 19.4 Å². The lowest BCUT2D eigenvalue weighted by Crippen LogP contribution is -2.52. The van der Waals surface area contributed by atoms with Crippen molar-refractivity contribution in [1.82, 2.24) is 19.8 Å². The summed E-state index contributed by atoms with van der Waals surface area (Å²) in [6.07, 6.45) is 2.36. The first-order chi connectivity index (χ1) is 20.5. The first kappa shape index (κ1) is 28.2. The zero-order chi connectivity index (χ0) is 29.1. The van der Waals surface area contributed by atoms with Gasteiger partial charge in [-0.1, -0.05) is 6.07 Å². The third-order valence-electron chi connectivity index (χ3n) is 8.17. The second-order valence-electron chi connectivity index (χ2n) is 10.8. The standard InChI is InChI=1S/C31H37N7O3S/c1-36-14-16-38(17-15-36)23-9-12-37(13-10-23)24-7-8-25(27(20-24)40-2)33-31-34-26-11-18-42-28(26)29(35-31)32-22-6-4-5-21(19-22)30(39)41-3/h4-8,11,18-20,23H,9-10,12-17H2,1-3H3,(H2,32,33,34,35). The number of rotatable bonds is 8. The van der Waals surface area contributed by atoms with Crippen LogP contribution < -0.4 is 20.3 Å². The van der Waals surface area contributed by atoms with Gasteiger partial charge in [0.1, 0.15) is 5.75 Å². The van der Waals surface area contributed by atoms with Gasteiger partial charge in [0.2, 0.25) is 5.95 Å². The molecular weight excluding hydrogens is 550 g/mol. The molecule has 11 heteroatoms. The summed E-state index contributed by atoms with van der Waals surface area (Å²) in [4.78, 5) is 29.1. The highest BCUT2D eigenvalue weighted by Crippen LogP contribution is 2.35. The average Bonchev–Trinajstić information content (AvgIpc) is 3.51. The van der Waals surface area contributed by atoms with Gasteiger partial charge in [0.25, 0.3) is 0 Å². The van der Waals surface area contributed by atoms with E-state index in [1.165, 1.54) is 33.0 Å². The lowest BCUT2D eigenvalue weighted by molar-refractivity contribution is 0.0601. The van der Waals surface area contributed by atoms with E-state index >= 15 is 0 Å². The topological polar surface area (TPSA) is 95.1 Å². The van der Waals surface area contributed by atoms with Crippen LogP contribution in [0, 0.1) is 0 Å². The van der Waals surface area contributed by atoms with Gasteiger partial charge in [-0.3, -0.25) is 4.90 Å². The maximum atomic E-state index is 12.0. The van der Waals surface area contributed by atoms with E-state index < -0.39 is 0 Å². The fraction of sp³-hybridized carbons (Fsp3) is 0.387. The molecule has 0 saturated carbocycles. The Morgan fingerprint density at radius 2 is 1.76 bits per heavy atom. The van der Waals surface area contributed by atoms with Crippen LogP contribution >= 0.6 is 11.3 Å². The number of nitrogens with one attached hydrogen (secondary N) is 2. The maximum Gasteiger partial charge on any atom is 0.337 e. The summed E-state index contributed by atoms with van der Waals surface area (Å²) in [5.74, 6) is 1.45. The molecule has 220 valence electrons. The first-order valence-electron chi connectivity index (χ1n) is 14.3. The lowest BCUT2D eigenvalue weighted by Gasteiger charge is -2.42. The molecule has 2 aliphatic rings. The maximum absolute atomic E-state index is 12.0. The van der Waals surface area contributed by atoms with Crippen molar-refractivity contribution in [2.45, 2.75) is 18.9 Å². The van der Waals surface area contributed by atoms with Crippen LogP contribution in [0.5, 0.6) is 5.75 Å². The summed E-state index contributed by atoms with van der Waals surface area (Å²) in [7, 11) is 5.27. The monoisotopic (exact) mass is 587 g/mol. The second-order valence-corrected chi connectivity index (χ2v) is 11.7. The molecule has 2 N–H and O–H groups in total. The third-order valence-corrected chi connectivity index (χ3v) is 9.08. The molecule has 4 aromatic rings. The number of nitrogens with zero attached hydrogens (tertiary/aromatic N) is 5. The summed E-state index contributed by atoms with van der Waals surface area (Å²) >= 11 is 1.56. The number of anilines is 5. The molecule has 2 fully saturated rings. The largest absolute Gasteiger partial charge is 0.494 e. The fourth-order valence-corrected chi connectivity index (χ4v) is 6.53. The molecule has 0 unspecified atom stereocenters. The van der Waals surface area contributed by atoms with Gasteiger partial charge < -0.3 is 29.9 Å². The molecule has 0 amide bonds. The predicted molar refractivity (Wildman–Crippen MR) is 169 cm³/mol. The SMILES string of the molecule is COC(=O)c1cccc(Nc2nc(Nc3ccc(N4CCC(N5CCN(C)CC5)CC4)cc3OC)nc3ccsc23)c1.